The van der Waals surface area contributed by atoms with E-state index in [1.165, 1.54) is 0 Å². The van der Waals surface area contributed by atoms with Gasteiger partial charge in [-0.05, 0) is 42.8 Å². The lowest BCUT2D eigenvalue weighted by Gasteiger charge is -2.12. The lowest BCUT2D eigenvalue weighted by Crippen LogP contribution is -2.22. The largest absolute Gasteiger partial charge is 0.452 e. The van der Waals surface area contributed by atoms with Gasteiger partial charge in [-0.25, -0.2) is 4.79 Å². The lowest BCUT2D eigenvalue weighted by atomic mass is 10.2. The maximum absolute atomic E-state index is 12.2. The lowest BCUT2D eigenvalue weighted by molar-refractivity contribution is -0.119. The molecule has 0 atom stereocenters. The molecule has 0 aliphatic carbocycles. The van der Waals surface area contributed by atoms with Gasteiger partial charge in [-0.15, -0.1) is 0 Å². The molecule has 0 fully saturated rings. The van der Waals surface area contributed by atoms with E-state index >= 15 is 0 Å². The van der Waals surface area contributed by atoms with Gasteiger partial charge in [0.2, 0.25) is 0 Å². The number of hydrogen-bond acceptors (Lipinski definition) is 5. The fourth-order valence-corrected chi connectivity index (χ4v) is 2.39. The van der Waals surface area contributed by atoms with Crippen molar-refractivity contribution in [1.29, 1.82) is 0 Å². The summed E-state index contributed by atoms with van der Waals surface area (Å²) < 4.78 is 5.07. The van der Waals surface area contributed by atoms with Crippen LogP contribution in [-0.2, 0) is 9.53 Å². The average Bonchev–Trinajstić information content (AvgIpc) is 2.60. The molecule has 0 aliphatic rings. The van der Waals surface area contributed by atoms with Crippen LogP contribution in [0.4, 0.5) is 11.4 Å². The van der Waals surface area contributed by atoms with E-state index in [2.05, 4.69) is 10.6 Å². The first-order valence-electron chi connectivity index (χ1n) is 7.68. The van der Waals surface area contributed by atoms with Crippen LogP contribution in [0.5, 0.6) is 0 Å². The summed E-state index contributed by atoms with van der Waals surface area (Å²) in [6.07, 6.45) is 0. The minimum atomic E-state index is -0.621. The molecular weight excluding hydrogens is 344 g/mol. The van der Waals surface area contributed by atoms with Crippen molar-refractivity contribution >= 4 is 34.9 Å². The molecule has 0 radical (unpaired) electrons. The van der Waals surface area contributed by atoms with Crippen LogP contribution in [0.3, 0.4) is 0 Å². The molecule has 3 N–H and O–H groups in total. The molecule has 0 saturated heterocycles. The van der Waals surface area contributed by atoms with Crippen LogP contribution in [0.15, 0.2) is 42.5 Å². The number of nitrogens with one attached hydrogen (secondary N) is 2. The van der Waals surface area contributed by atoms with E-state index < -0.39 is 18.5 Å². The molecular formula is C18H19ClN2O4. The van der Waals surface area contributed by atoms with E-state index in [4.69, 9.17) is 21.4 Å². The van der Waals surface area contributed by atoms with Crippen LogP contribution >= 0.6 is 11.6 Å². The van der Waals surface area contributed by atoms with E-state index in [9.17, 15) is 9.59 Å². The monoisotopic (exact) mass is 362 g/mol. The van der Waals surface area contributed by atoms with Gasteiger partial charge in [-0.2, -0.15) is 0 Å². The maximum atomic E-state index is 12.2. The van der Waals surface area contributed by atoms with Crippen molar-refractivity contribution in [2.75, 3.05) is 30.4 Å². The molecule has 2 aromatic rings. The number of rotatable bonds is 7. The number of halogens is 1. The molecule has 6 nitrogen and oxygen atoms in total. The smallest absolute Gasteiger partial charge is 0.340 e. The molecule has 0 saturated carbocycles. The van der Waals surface area contributed by atoms with E-state index in [0.29, 0.717) is 28.5 Å². The number of benzene rings is 2. The van der Waals surface area contributed by atoms with Gasteiger partial charge in [0.15, 0.2) is 6.61 Å². The summed E-state index contributed by atoms with van der Waals surface area (Å²) in [6.45, 7) is 1.65. The second-order valence-electron chi connectivity index (χ2n) is 5.28. The Hall–Kier alpha value is -2.57. The summed E-state index contributed by atoms with van der Waals surface area (Å²) in [7, 11) is 0. The Labute approximate surface area is 150 Å². The van der Waals surface area contributed by atoms with Crippen LogP contribution in [0.2, 0.25) is 5.02 Å². The predicted molar refractivity (Wildman–Crippen MR) is 97.1 cm³/mol. The Bertz CT molecular complexity index is 764. The zero-order valence-electron chi connectivity index (χ0n) is 13.7. The highest BCUT2D eigenvalue weighted by Gasteiger charge is 2.14. The Balaban J connectivity index is 1.94. The summed E-state index contributed by atoms with van der Waals surface area (Å²) >= 11 is 5.87. The Morgan fingerprint density at radius 3 is 2.64 bits per heavy atom. The number of carbonyl (C=O) groups excluding carboxylic acids is 2. The van der Waals surface area contributed by atoms with Crippen molar-refractivity contribution in [3.63, 3.8) is 0 Å². The number of ether oxygens (including phenoxy) is 1. The first-order valence-corrected chi connectivity index (χ1v) is 8.06. The number of aliphatic hydroxyl groups is 1. The standard InChI is InChI=1S/C18H19ClN2O4/c1-12-10-13(19)6-7-15(12)21-17(23)11-25-18(24)14-4-2-3-5-16(14)20-8-9-22/h2-7,10,20,22H,8-9,11H2,1H3,(H,21,23). The number of esters is 1. The van der Waals surface area contributed by atoms with Crippen LogP contribution in [0.1, 0.15) is 15.9 Å². The van der Waals surface area contributed by atoms with Gasteiger partial charge in [-0.1, -0.05) is 23.7 Å². The van der Waals surface area contributed by atoms with E-state index in [1.807, 2.05) is 6.92 Å². The number of aryl methyl sites for hydroxylation is 1. The van der Waals surface area contributed by atoms with Gasteiger partial charge in [0, 0.05) is 22.9 Å². The van der Waals surface area contributed by atoms with Crippen molar-refractivity contribution in [2.24, 2.45) is 0 Å². The number of amides is 1. The highest BCUT2D eigenvalue weighted by atomic mass is 35.5. The molecule has 0 unspecified atom stereocenters. The van der Waals surface area contributed by atoms with E-state index in [1.54, 1.807) is 42.5 Å². The van der Waals surface area contributed by atoms with Gasteiger partial charge in [0.05, 0.1) is 12.2 Å². The number of hydrogen-bond donors (Lipinski definition) is 3. The van der Waals surface area contributed by atoms with Crippen LogP contribution in [0, 0.1) is 6.92 Å². The topological polar surface area (TPSA) is 87.7 Å². The summed E-state index contributed by atoms with van der Waals surface area (Å²) in [6, 6.07) is 11.8. The quantitative estimate of drug-likeness (QED) is 0.659. The SMILES string of the molecule is Cc1cc(Cl)ccc1NC(=O)COC(=O)c1ccccc1NCCO. The van der Waals surface area contributed by atoms with Crippen molar-refractivity contribution in [3.8, 4) is 0 Å². The normalized spacial score (nSPS) is 10.2. The first-order chi connectivity index (χ1) is 12.0. The first kappa shape index (κ1) is 18.8. The molecule has 2 rings (SSSR count). The number of para-hydroxylation sites is 1. The third-order valence-corrected chi connectivity index (χ3v) is 3.61. The Morgan fingerprint density at radius 1 is 1.16 bits per heavy atom. The third kappa shape index (κ3) is 5.48. The number of carbonyl (C=O) groups is 2. The third-order valence-electron chi connectivity index (χ3n) is 3.37. The molecule has 25 heavy (non-hydrogen) atoms. The summed E-state index contributed by atoms with van der Waals surface area (Å²) in [5.41, 5.74) is 2.25. The van der Waals surface area contributed by atoms with Crippen molar-refractivity contribution < 1.29 is 19.4 Å². The van der Waals surface area contributed by atoms with Gasteiger partial charge in [0.25, 0.3) is 5.91 Å². The molecule has 7 heteroatoms. The van der Waals surface area contributed by atoms with Gasteiger partial charge in [-0.3, -0.25) is 4.79 Å². The second-order valence-corrected chi connectivity index (χ2v) is 5.72. The van der Waals surface area contributed by atoms with E-state index in [-0.39, 0.29) is 6.61 Å². The van der Waals surface area contributed by atoms with Crippen LogP contribution in [-0.4, -0.2) is 36.7 Å². The minimum Gasteiger partial charge on any atom is -0.452 e. The molecule has 1 amide bonds. The molecule has 0 heterocycles. The van der Waals surface area contributed by atoms with Crippen molar-refractivity contribution in [2.45, 2.75) is 6.92 Å². The number of aliphatic hydroxyl groups excluding tert-OH is 1. The van der Waals surface area contributed by atoms with Crippen LogP contribution in [0.25, 0.3) is 0 Å². The summed E-state index contributed by atoms with van der Waals surface area (Å²) in [5, 5.41) is 15.0. The van der Waals surface area contributed by atoms with Gasteiger partial charge < -0.3 is 20.5 Å². The Morgan fingerprint density at radius 2 is 1.92 bits per heavy atom. The fourth-order valence-electron chi connectivity index (χ4n) is 2.17. The molecule has 132 valence electrons. The highest BCUT2D eigenvalue weighted by molar-refractivity contribution is 6.30. The maximum Gasteiger partial charge on any atom is 0.340 e. The highest BCUT2D eigenvalue weighted by Crippen LogP contribution is 2.20. The molecule has 2 aromatic carbocycles. The molecule has 0 bridgehead atoms. The Kier molecular flexibility index (Phi) is 6.80. The summed E-state index contributed by atoms with van der Waals surface area (Å²) in [4.78, 5) is 24.1. The van der Waals surface area contributed by atoms with Crippen molar-refractivity contribution in [3.05, 3.63) is 58.6 Å². The zero-order valence-corrected chi connectivity index (χ0v) is 14.5. The molecule has 0 aromatic heterocycles. The molecule has 0 aliphatic heterocycles. The summed E-state index contributed by atoms with van der Waals surface area (Å²) in [5.74, 6) is -1.07. The van der Waals surface area contributed by atoms with Crippen molar-refractivity contribution in [1.82, 2.24) is 0 Å². The van der Waals surface area contributed by atoms with Gasteiger partial charge >= 0.3 is 5.97 Å². The van der Waals surface area contributed by atoms with E-state index in [0.717, 1.165) is 5.56 Å². The predicted octanol–water partition coefficient (Wildman–Crippen LogP) is 2.85. The van der Waals surface area contributed by atoms with Gasteiger partial charge in [0.1, 0.15) is 0 Å². The fraction of sp³-hybridized carbons (Fsp3) is 0.222. The second kappa shape index (κ2) is 9.05. The zero-order chi connectivity index (χ0) is 18.2. The minimum absolute atomic E-state index is 0.0633. The van der Waals surface area contributed by atoms with Crippen LogP contribution < -0.4 is 10.6 Å². The average molecular weight is 363 g/mol. The number of anilines is 2. The molecule has 0 spiro atoms.